The van der Waals surface area contributed by atoms with E-state index in [9.17, 15) is 43.2 Å². The zero-order chi connectivity index (χ0) is 71.6. The number of carbonyl (C=O) groups excluding carboxylic acids is 4. The van der Waals surface area contributed by atoms with E-state index in [2.05, 4.69) is 48.5 Å². The molecule has 0 aromatic carbocycles. The quantitative estimate of drug-likeness (QED) is 0.0222. The van der Waals surface area contributed by atoms with E-state index in [1.165, 1.54) is 212 Å². The van der Waals surface area contributed by atoms with Crippen molar-refractivity contribution in [2.75, 3.05) is 39.6 Å². The summed E-state index contributed by atoms with van der Waals surface area (Å²) in [7, 11) is -9.91. The van der Waals surface area contributed by atoms with Gasteiger partial charge in [0.25, 0.3) is 0 Å². The summed E-state index contributed by atoms with van der Waals surface area (Å²) in [5.74, 6) is 0.255. The summed E-state index contributed by atoms with van der Waals surface area (Å²) in [6.45, 7) is 11.9. The molecule has 0 heterocycles. The smallest absolute Gasteiger partial charge is 0.462 e. The minimum atomic E-state index is -4.96. The molecule has 6 atom stereocenters. The molecule has 17 nitrogen and oxygen atoms in total. The number of hydrogen-bond donors (Lipinski definition) is 3. The Kier molecular flexibility index (Phi) is 67.1. The molecule has 0 radical (unpaired) electrons. The Morgan fingerprint density at radius 1 is 0.299 bits per heavy atom. The van der Waals surface area contributed by atoms with Crippen molar-refractivity contribution < 1.29 is 80.2 Å². The van der Waals surface area contributed by atoms with E-state index in [-0.39, 0.29) is 25.7 Å². The van der Waals surface area contributed by atoms with Gasteiger partial charge in [-0.25, -0.2) is 9.13 Å². The maximum atomic E-state index is 13.1. The number of hydrogen-bond acceptors (Lipinski definition) is 15. The van der Waals surface area contributed by atoms with Gasteiger partial charge in [0.2, 0.25) is 0 Å². The van der Waals surface area contributed by atoms with E-state index < -0.39 is 97.5 Å². The highest BCUT2D eigenvalue weighted by molar-refractivity contribution is 7.47. The molecular formula is C78H152O17P2. The molecule has 0 saturated carbocycles. The zero-order valence-corrected chi connectivity index (χ0v) is 65.3. The second kappa shape index (κ2) is 68.5. The van der Waals surface area contributed by atoms with E-state index in [0.717, 1.165) is 108 Å². The summed E-state index contributed by atoms with van der Waals surface area (Å²) in [4.78, 5) is 72.8. The second-order valence-corrected chi connectivity index (χ2v) is 32.2. The van der Waals surface area contributed by atoms with Crippen molar-refractivity contribution in [1.82, 2.24) is 0 Å². The monoisotopic (exact) mass is 1420 g/mol. The molecule has 0 rings (SSSR count). The van der Waals surface area contributed by atoms with Gasteiger partial charge in [-0.05, 0) is 43.4 Å². The Balaban J connectivity index is 5.23. The molecular weight excluding hydrogens is 1270 g/mol. The summed E-state index contributed by atoms with van der Waals surface area (Å²) < 4.78 is 68.6. The number of carbonyl (C=O) groups is 4. The van der Waals surface area contributed by atoms with Crippen LogP contribution in [0.1, 0.15) is 402 Å². The molecule has 576 valence electrons. The Morgan fingerprint density at radius 3 is 0.784 bits per heavy atom. The number of phosphoric acid groups is 2. The Morgan fingerprint density at radius 2 is 0.526 bits per heavy atom. The highest BCUT2D eigenvalue weighted by atomic mass is 31.2. The standard InChI is InChI=1S/C78H152O17P2/c1-8-10-11-12-13-14-30-38-45-52-59-75(80)88-66-74(95-78(83)62-55-48-41-34-33-36-43-50-57-70(5)6)68-93-97(86,87)91-64-72(79)63-90-96(84,85)92-67-73(94-77(82)61-54-47-40-32-27-23-17-15-16-20-24-28-35-42-49-56-69(3)4)65-89-76(81)60-53-46-39-31-26-22-19-18-21-25-29-37-44-51-58-71(7)9-2/h69-74,79H,8-68H2,1-7H3,(H,84,85)(H,86,87)/t71?,72-,73-,74-/m1/s1. The van der Waals surface area contributed by atoms with Gasteiger partial charge in [0.1, 0.15) is 19.3 Å². The van der Waals surface area contributed by atoms with Gasteiger partial charge in [0.05, 0.1) is 26.4 Å². The molecule has 0 aliphatic carbocycles. The Labute approximate surface area is 594 Å². The highest BCUT2D eigenvalue weighted by Crippen LogP contribution is 2.45. The van der Waals surface area contributed by atoms with E-state index in [0.29, 0.717) is 25.7 Å². The van der Waals surface area contributed by atoms with Gasteiger partial charge >= 0.3 is 39.5 Å². The fraction of sp³-hybridized carbons (Fsp3) is 0.949. The van der Waals surface area contributed by atoms with Gasteiger partial charge in [-0.1, -0.05) is 350 Å². The molecule has 0 fully saturated rings. The van der Waals surface area contributed by atoms with Crippen LogP contribution in [0.25, 0.3) is 0 Å². The van der Waals surface area contributed by atoms with Crippen LogP contribution < -0.4 is 0 Å². The highest BCUT2D eigenvalue weighted by Gasteiger charge is 2.30. The minimum absolute atomic E-state index is 0.105. The maximum absolute atomic E-state index is 13.1. The van der Waals surface area contributed by atoms with Gasteiger partial charge in [-0.2, -0.15) is 0 Å². The van der Waals surface area contributed by atoms with Crippen molar-refractivity contribution >= 4 is 39.5 Å². The van der Waals surface area contributed by atoms with Gasteiger partial charge in [-0.15, -0.1) is 0 Å². The van der Waals surface area contributed by atoms with E-state index in [1.54, 1.807) is 0 Å². The third kappa shape index (κ3) is 70.9. The van der Waals surface area contributed by atoms with E-state index >= 15 is 0 Å². The van der Waals surface area contributed by atoms with Crippen LogP contribution in [-0.4, -0.2) is 96.7 Å². The third-order valence-electron chi connectivity index (χ3n) is 18.5. The van der Waals surface area contributed by atoms with E-state index in [1.807, 2.05) is 0 Å². The van der Waals surface area contributed by atoms with Gasteiger partial charge in [0, 0.05) is 25.7 Å². The minimum Gasteiger partial charge on any atom is -0.462 e. The fourth-order valence-corrected chi connectivity index (χ4v) is 13.5. The van der Waals surface area contributed by atoms with Crippen LogP contribution in [0.5, 0.6) is 0 Å². The fourth-order valence-electron chi connectivity index (χ4n) is 11.9. The van der Waals surface area contributed by atoms with Crippen LogP contribution in [0.3, 0.4) is 0 Å². The molecule has 3 N–H and O–H groups in total. The number of rotatable bonds is 76. The SMILES string of the molecule is CCCCCCCCCCCCC(=O)OC[C@H](COP(=O)(O)OC[C@H](O)COP(=O)(O)OC[C@@H](COC(=O)CCCCCCCCCCCCCCCCC(C)CC)OC(=O)CCCCCCCCCCCCCCCCCC(C)C)OC(=O)CCCCCCCCCCC(C)C. The van der Waals surface area contributed by atoms with Crippen molar-refractivity contribution in [1.29, 1.82) is 0 Å². The molecule has 0 saturated heterocycles. The lowest BCUT2D eigenvalue weighted by molar-refractivity contribution is -0.161. The summed E-state index contributed by atoms with van der Waals surface area (Å²) in [5.41, 5.74) is 0. The van der Waals surface area contributed by atoms with E-state index in [4.69, 9.17) is 37.0 Å². The lowest BCUT2D eigenvalue weighted by atomic mass is 9.99. The van der Waals surface area contributed by atoms with Crippen molar-refractivity contribution in [3.63, 3.8) is 0 Å². The molecule has 0 aromatic heterocycles. The topological polar surface area (TPSA) is 237 Å². The predicted molar refractivity (Wildman–Crippen MR) is 395 cm³/mol. The number of aliphatic hydroxyl groups is 1. The predicted octanol–water partition coefficient (Wildman–Crippen LogP) is 23.0. The number of aliphatic hydroxyl groups excluding tert-OH is 1. The number of unbranched alkanes of at least 4 members (excludes halogenated alkanes) is 43. The van der Waals surface area contributed by atoms with Crippen molar-refractivity contribution in [2.45, 2.75) is 420 Å². The van der Waals surface area contributed by atoms with Crippen LogP contribution in [0.2, 0.25) is 0 Å². The average molecular weight is 1420 g/mol. The van der Waals surface area contributed by atoms with Crippen LogP contribution in [0.4, 0.5) is 0 Å². The first kappa shape index (κ1) is 95.1. The average Bonchev–Trinajstić information content (AvgIpc) is 1.45. The Bertz CT molecular complexity index is 1890. The summed E-state index contributed by atoms with van der Waals surface area (Å²) >= 11 is 0. The molecule has 0 aliphatic rings. The van der Waals surface area contributed by atoms with Gasteiger partial charge in [0.15, 0.2) is 12.2 Å². The molecule has 97 heavy (non-hydrogen) atoms. The van der Waals surface area contributed by atoms with Gasteiger partial charge in [-0.3, -0.25) is 37.3 Å². The number of esters is 4. The van der Waals surface area contributed by atoms with Crippen molar-refractivity contribution in [2.24, 2.45) is 17.8 Å². The van der Waals surface area contributed by atoms with Gasteiger partial charge < -0.3 is 33.8 Å². The van der Waals surface area contributed by atoms with Crippen LogP contribution in [0.15, 0.2) is 0 Å². The molecule has 0 aromatic rings. The van der Waals surface area contributed by atoms with Crippen molar-refractivity contribution in [3.8, 4) is 0 Å². The first-order valence-corrected chi connectivity index (χ1v) is 43.4. The maximum Gasteiger partial charge on any atom is 0.472 e. The molecule has 0 amide bonds. The van der Waals surface area contributed by atoms with Crippen LogP contribution >= 0.6 is 15.6 Å². The summed E-state index contributed by atoms with van der Waals surface area (Å²) in [6, 6.07) is 0. The molecule has 0 spiro atoms. The largest absolute Gasteiger partial charge is 0.472 e. The Hall–Kier alpha value is -1.94. The summed E-state index contributed by atoms with van der Waals surface area (Å²) in [5, 5.41) is 10.6. The first-order valence-electron chi connectivity index (χ1n) is 40.4. The van der Waals surface area contributed by atoms with Crippen LogP contribution in [-0.2, 0) is 65.4 Å². The number of ether oxygens (including phenoxy) is 4. The third-order valence-corrected chi connectivity index (χ3v) is 20.4. The zero-order valence-electron chi connectivity index (χ0n) is 63.5. The lowest BCUT2D eigenvalue weighted by Gasteiger charge is -2.21. The second-order valence-electron chi connectivity index (χ2n) is 29.3. The molecule has 19 heteroatoms. The molecule has 0 aliphatic heterocycles. The van der Waals surface area contributed by atoms with Crippen molar-refractivity contribution in [3.05, 3.63) is 0 Å². The molecule has 3 unspecified atom stereocenters. The first-order chi connectivity index (χ1) is 46.8. The normalized spacial score (nSPS) is 14.3. The van der Waals surface area contributed by atoms with Crippen LogP contribution in [0, 0.1) is 17.8 Å². The molecule has 0 bridgehead atoms. The summed E-state index contributed by atoms with van der Waals surface area (Å²) in [6.07, 6.45) is 55.5. The number of phosphoric ester groups is 2. The lowest BCUT2D eigenvalue weighted by Crippen LogP contribution is -2.30.